The van der Waals surface area contributed by atoms with Crippen molar-refractivity contribution in [1.29, 1.82) is 0 Å². The minimum Gasteiger partial charge on any atom is -0.480 e. The van der Waals surface area contributed by atoms with E-state index >= 15 is 0 Å². The lowest BCUT2D eigenvalue weighted by atomic mass is 9.99. The Morgan fingerprint density at radius 1 is 1.08 bits per heavy atom. The van der Waals surface area contributed by atoms with Crippen LogP contribution in [0.3, 0.4) is 0 Å². The van der Waals surface area contributed by atoms with E-state index in [-0.39, 0.29) is 11.7 Å². The molecule has 0 saturated carbocycles. The van der Waals surface area contributed by atoms with Crippen molar-refractivity contribution in [3.05, 3.63) is 0 Å². The zero-order valence-electron chi connectivity index (χ0n) is 15.1. The number of nitrogens with one attached hydrogen (secondary N) is 3. The first-order valence-corrected chi connectivity index (χ1v) is 8.83. The van der Waals surface area contributed by atoms with Gasteiger partial charge in [-0.1, -0.05) is 20.3 Å². The van der Waals surface area contributed by atoms with E-state index in [1.807, 2.05) is 0 Å². The van der Waals surface area contributed by atoms with E-state index in [1.54, 1.807) is 13.8 Å². The minimum atomic E-state index is -1.31. The summed E-state index contributed by atoms with van der Waals surface area (Å²) in [6.07, 6.45) is -0.688. The third-order valence-corrected chi connectivity index (χ3v) is 4.21. The van der Waals surface area contributed by atoms with Gasteiger partial charge >= 0.3 is 5.97 Å². The molecule has 0 heterocycles. The highest BCUT2D eigenvalue weighted by Gasteiger charge is 2.29. The number of carboxylic acids is 1. The van der Waals surface area contributed by atoms with E-state index in [1.165, 1.54) is 6.92 Å². The molecule has 0 aromatic heterocycles. The molecule has 0 fully saturated rings. The van der Waals surface area contributed by atoms with Crippen LogP contribution in [0.5, 0.6) is 0 Å². The first-order chi connectivity index (χ1) is 12.0. The average molecular weight is 392 g/mol. The van der Waals surface area contributed by atoms with Gasteiger partial charge in [-0.25, -0.2) is 4.79 Å². The number of carboxylic acid groups (broad SMARTS) is 1. The fourth-order valence-electron chi connectivity index (χ4n) is 1.93. The van der Waals surface area contributed by atoms with Gasteiger partial charge in [0.05, 0.1) is 18.7 Å². The van der Waals surface area contributed by atoms with Crippen LogP contribution in [0.25, 0.3) is 0 Å². The summed E-state index contributed by atoms with van der Waals surface area (Å²) < 4.78 is 0. The van der Waals surface area contributed by atoms with E-state index in [2.05, 4.69) is 28.6 Å². The molecule has 0 bridgehead atoms. The molecule has 0 rings (SSSR count). The zero-order chi connectivity index (χ0) is 20.4. The summed E-state index contributed by atoms with van der Waals surface area (Å²) in [5.74, 6) is -3.59. The van der Waals surface area contributed by atoms with Gasteiger partial charge in [0.1, 0.15) is 12.1 Å². The van der Waals surface area contributed by atoms with Crippen LogP contribution >= 0.6 is 12.6 Å². The topological polar surface area (TPSA) is 171 Å². The molecule has 3 amide bonds. The Balaban J connectivity index is 4.74. The third kappa shape index (κ3) is 8.02. The van der Waals surface area contributed by atoms with Gasteiger partial charge in [0.2, 0.25) is 17.7 Å². The number of thiol groups is 1. The van der Waals surface area contributed by atoms with Crippen molar-refractivity contribution < 1.29 is 29.4 Å². The molecule has 7 N–H and O–H groups in total. The molecule has 0 aliphatic carbocycles. The smallest absolute Gasteiger partial charge is 0.326 e. The Labute approximate surface area is 157 Å². The monoisotopic (exact) mass is 392 g/mol. The number of amides is 3. The lowest BCUT2D eigenvalue weighted by Gasteiger charge is -2.23. The van der Waals surface area contributed by atoms with Crippen LogP contribution in [-0.4, -0.2) is 70.4 Å². The van der Waals surface area contributed by atoms with Crippen molar-refractivity contribution in [3.8, 4) is 0 Å². The summed E-state index contributed by atoms with van der Waals surface area (Å²) in [6.45, 7) is 4.26. The van der Waals surface area contributed by atoms with Crippen LogP contribution in [0.4, 0.5) is 0 Å². The van der Waals surface area contributed by atoms with Crippen molar-refractivity contribution in [1.82, 2.24) is 16.0 Å². The number of hydrogen-bond acceptors (Lipinski definition) is 7. The molecule has 11 heteroatoms. The van der Waals surface area contributed by atoms with Gasteiger partial charge in [0.15, 0.2) is 0 Å². The molecule has 150 valence electrons. The average Bonchev–Trinajstić information content (AvgIpc) is 2.59. The Morgan fingerprint density at radius 2 is 1.65 bits per heavy atom. The Morgan fingerprint density at radius 3 is 2.08 bits per heavy atom. The summed E-state index contributed by atoms with van der Waals surface area (Å²) >= 11 is 3.87. The summed E-state index contributed by atoms with van der Waals surface area (Å²) in [6, 6.07) is -3.35. The molecular weight excluding hydrogens is 364 g/mol. The summed E-state index contributed by atoms with van der Waals surface area (Å²) in [4.78, 5) is 46.9. The third-order valence-electron chi connectivity index (χ3n) is 3.81. The second-order valence-electron chi connectivity index (χ2n) is 6.00. The van der Waals surface area contributed by atoms with Crippen LogP contribution in [0.2, 0.25) is 0 Å². The number of aliphatic hydroxyl groups is 1. The highest BCUT2D eigenvalue weighted by molar-refractivity contribution is 7.80. The highest BCUT2D eigenvalue weighted by atomic mass is 32.1. The van der Waals surface area contributed by atoms with Gasteiger partial charge in [-0.2, -0.15) is 12.6 Å². The Kier molecular flexibility index (Phi) is 10.9. The Hall–Kier alpha value is -1.85. The molecule has 0 aromatic carbocycles. The van der Waals surface area contributed by atoms with E-state index in [0.29, 0.717) is 6.42 Å². The van der Waals surface area contributed by atoms with Gasteiger partial charge in [-0.05, 0) is 12.8 Å². The van der Waals surface area contributed by atoms with Crippen molar-refractivity contribution >= 4 is 36.3 Å². The van der Waals surface area contributed by atoms with Crippen molar-refractivity contribution in [2.75, 3.05) is 12.3 Å². The number of aliphatic carboxylic acids is 1. The van der Waals surface area contributed by atoms with Gasteiger partial charge in [0, 0.05) is 5.75 Å². The fraction of sp³-hybridized carbons (Fsp3) is 0.733. The Bertz CT molecular complexity index is 516. The maximum atomic E-state index is 12.1. The number of nitrogens with two attached hydrogens (primary N) is 1. The predicted molar refractivity (Wildman–Crippen MR) is 97.5 cm³/mol. The van der Waals surface area contributed by atoms with Gasteiger partial charge in [-0.15, -0.1) is 0 Å². The van der Waals surface area contributed by atoms with Crippen LogP contribution < -0.4 is 21.7 Å². The molecule has 10 nitrogen and oxygen atoms in total. The van der Waals surface area contributed by atoms with Gasteiger partial charge in [-0.3, -0.25) is 14.4 Å². The van der Waals surface area contributed by atoms with E-state index in [4.69, 9.17) is 10.8 Å². The maximum Gasteiger partial charge on any atom is 0.326 e. The largest absolute Gasteiger partial charge is 0.480 e. The molecular formula is C15H28N4O6S. The summed E-state index contributed by atoms with van der Waals surface area (Å²) in [7, 11) is 0. The minimum absolute atomic E-state index is 0.0502. The SMILES string of the molecule is CCC(C)C(NC(=O)CNC(=O)C(NC(=O)C(N)CS)C(C)O)C(=O)O. The van der Waals surface area contributed by atoms with Crippen molar-refractivity contribution in [2.45, 2.75) is 51.4 Å². The second kappa shape index (κ2) is 11.7. The number of rotatable bonds is 11. The maximum absolute atomic E-state index is 12.1. The lowest BCUT2D eigenvalue weighted by Crippen LogP contribution is -2.57. The van der Waals surface area contributed by atoms with Gasteiger partial charge in [0.25, 0.3) is 0 Å². The molecule has 5 atom stereocenters. The molecule has 0 aliphatic rings. The van der Waals surface area contributed by atoms with Crippen molar-refractivity contribution in [3.63, 3.8) is 0 Å². The summed E-state index contributed by atoms with van der Waals surface area (Å²) in [5.41, 5.74) is 5.49. The number of hydrogen-bond donors (Lipinski definition) is 7. The van der Waals surface area contributed by atoms with Crippen LogP contribution in [0.15, 0.2) is 0 Å². The lowest BCUT2D eigenvalue weighted by molar-refractivity contribution is -0.143. The predicted octanol–water partition coefficient (Wildman–Crippen LogP) is -2.16. The van der Waals surface area contributed by atoms with E-state index < -0.39 is 54.5 Å². The molecule has 5 unspecified atom stereocenters. The first-order valence-electron chi connectivity index (χ1n) is 8.19. The van der Waals surface area contributed by atoms with E-state index in [9.17, 15) is 24.3 Å². The van der Waals surface area contributed by atoms with Gasteiger partial charge < -0.3 is 31.9 Å². The first kappa shape index (κ1) is 24.1. The molecule has 0 saturated heterocycles. The second-order valence-corrected chi connectivity index (χ2v) is 6.37. The quantitative estimate of drug-likeness (QED) is 0.196. The summed E-state index contributed by atoms with van der Waals surface area (Å²) in [5, 5.41) is 25.6. The van der Waals surface area contributed by atoms with E-state index in [0.717, 1.165) is 0 Å². The number of aliphatic hydroxyl groups excluding tert-OH is 1. The fourth-order valence-corrected chi connectivity index (χ4v) is 2.10. The molecule has 26 heavy (non-hydrogen) atoms. The molecule has 0 aliphatic heterocycles. The number of carbonyl (C=O) groups is 4. The highest BCUT2D eigenvalue weighted by Crippen LogP contribution is 2.07. The standard InChI is InChI=1S/C15H28N4O6S/c1-4-7(2)11(15(24)25)18-10(21)5-17-14(23)12(8(3)20)19-13(22)9(16)6-26/h7-9,11-12,20,26H,4-6,16H2,1-3H3,(H,17,23)(H,18,21)(H,19,22)(H,24,25). The zero-order valence-corrected chi connectivity index (χ0v) is 16.0. The van der Waals surface area contributed by atoms with Crippen molar-refractivity contribution in [2.24, 2.45) is 11.7 Å². The number of carbonyl (C=O) groups excluding carboxylic acids is 3. The molecule has 0 spiro atoms. The molecule has 0 radical (unpaired) electrons. The van der Waals surface area contributed by atoms with Crippen LogP contribution in [0.1, 0.15) is 27.2 Å². The van der Waals surface area contributed by atoms with Crippen LogP contribution in [0, 0.1) is 5.92 Å². The van der Waals surface area contributed by atoms with Crippen LogP contribution in [-0.2, 0) is 19.2 Å². The molecule has 0 aromatic rings. The normalized spacial score (nSPS) is 16.5.